The van der Waals surface area contributed by atoms with Gasteiger partial charge < -0.3 is 16.2 Å². The van der Waals surface area contributed by atoms with E-state index in [0.717, 1.165) is 12.2 Å². The second-order valence-corrected chi connectivity index (χ2v) is 2.03. The van der Waals surface area contributed by atoms with E-state index in [1.807, 2.05) is 6.08 Å². The van der Waals surface area contributed by atoms with Crippen LogP contribution in [0.4, 0.5) is 0 Å². The molecule has 1 atom stereocenters. The predicted molar refractivity (Wildman–Crippen MR) is 35.1 cm³/mol. The van der Waals surface area contributed by atoms with E-state index in [-0.39, 0.29) is 6.04 Å². The zero-order valence-corrected chi connectivity index (χ0v) is 5.21. The molecule has 0 amide bonds. The Morgan fingerprint density at radius 1 is 1.78 bits per heavy atom. The van der Waals surface area contributed by atoms with Gasteiger partial charge in [0, 0.05) is 6.04 Å². The molecule has 0 saturated heterocycles. The fourth-order valence-corrected chi connectivity index (χ4v) is 0.677. The molecule has 0 aliphatic carbocycles. The van der Waals surface area contributed by atoms with E-state index in [4.69, 9.17) is 16.2 Å². The normalized spacial score (nSPS) is 26.9. The molecule has 3 nitrogen and oxygen atoms in total. The molecule has 1 heterocycles. The third-order valence-corrected chi connectivity index (χ3v) is 1.21. The van der Waals surface area contributed by atoms with Gasteiger partial charge in [-0.3, -0.25) is 0 Å². The maximum Gasteiger partial charge on any atom is 0.152 e. The second kappa shape index (κ2) is 2.85. The van der Waals surface area contributed by atoms with Gasteiger partial charge in [-0.05, 0) is 12.5 Å². The molecular formula is C6H11N2O. The van der Waals surface area contributed by atoms with Gasteiger partial charge in [-0.15, -0.1) is 0 Å². The molecule has 0 aromatic heterocycles. The third-order valence-electron chi connectivity index (χ3n) is 1.21. The lowest BCUT2D eigenvalue weighted by Gasteiger charge is -2.17. The van der Waals surface area contributed by atoms with Gasteiger partial charge in [0.15, 0.2) is 6.61 Å². The van der Waals surface area contributed by atoms with Crippen molar-refractivity contribution < 1.29 is 4.74 Å². The van der Waals surface area contributed by atoms with Crippen LogP contribution in [0.15, 0.2) is 11.8 Å². The van der Waals surface area contributed by atoms with Crippen molar-refractivity contribution in [2.45, 2.75) is 12.5 Å². The van der Waals surface area contributed by atoms with Gasteiger partial charge in [0.05, 0.1) is 6.54 Å². The molecule has 1 radical (unpaired) electrons. The van der Waals surface area contributed by atoms with Crippen molar-refractivity contribution in [3.63, 3.8) is 0 Å². The van der Waals surface area contributed by atoms with E-state index in [2.05, 4.69) is 0 Å². The average Bonchev–Trinajstić information content (AvgIpc) is 1.90. The van der Waals surface area contributed by atoms with Crippen molar-refractivity contribution in [3.8, 4) is 0 Å². The summed E-state index contributed by atoms with van der Waals surface area (Å²) in [7, 11) is 0. The zero-order chi connectivity index (χ0) is 6.69. The fourth-order valence-electron chi connectivity index (χ4n) is 0.677. The van der Waals surface area contributed by atoms with Crippen LogP contribution < -0.4 is 11.5 Å². The topological polar surface area (TPSA) is 61.3 Å². The summed E-state index contributed by atoms with van der Waals surface area (Å²) in [4.78, 5) is 0. The Bertz CT molecular complexity index is 122. The van der Waals surface area contributed by atoms with Crippen LogP contribution in [-0.4, -0.2) is 12.6 Å². The number of rotatable bonds is 1. The van der Waals surface area contributed by atoms with Crippen LogP contribution in [0, 0.1) is 6.61 Å². The summed E-state index contributed by atoms with van der Waals surface area (Å²) in [6, 6.07) is 0.0419. The van der Waals surface area contributed by atoms with E-state index in [9.17, 15) is 0 Å². The molecule has 0 aromatic carbocycles. The third kappa shape index (κ3) is 1.69. The fraction of sp³-hybridized carbons (Fsp3) is 0.500. The number of ether oxygens (including phenoxy) is 1. The highest BCUT2D eigenvalue weighted by Crippen LogP contribution is 2.10. The lowest BCUT2D eigenvalue weighted by Crippen LogP contribution is -2.25. The van der Waals surface area contributed by atoms with Gasteiger partial charge in [-0.2, -0.15) is 0 Å². The average molecular weight is 127 g/mol. The molecule has 9 heavy (non-hydrogen) atoms. The van der Waals surface area contributed by atoms with E-state index in [0.29, 0.717) is 6.54 Å². The summed E-state index contributed by atoms with van der Waals surface area (Å²) in [5.74, 6) is 0.816. The standard InChI is InChI=1S/C6H11N2O/c7-3-6-2-1-5(8)4-9-6/h2,4-5H,1,3,7-8H2. The van der Waals surface area contributed by atoms with Crippen LogP contribution in [0.5, 0.6) is 0 Å². The first-order chi connectivity index (χ1) is 4.33. The van der Waals surface area contributed by atoms with Crippen LogP contribution >= 0.6 is 0 Å². The van der Waals surface area contributed by atoms with Crippen LogP contribution in [-0.2, 0) is 4.74 Å². The van der Waals surface area contributed by atoms with Gasteiger partial charge in [0.2, 0.25) is 0 Å². The molecule has 51 valence electrons. The van der Waals surface area contributed by atoms with E-state index in [1.54, 1.807) is 6.61 Å². The molecule has 0 bridgehead atoms. The second-order valence-electron chi connectivity index (χ2n) is 2.03. The van der Waals surface area contributed by atoms with Crippen molar-refractivity contribution in [1.29, 1.82) is 0 Å². The summed E-state index contributed by atoms with van der Waals surface area (Å²) in [5, 5.41) is 0. The Morgan fingerprint density at radius 3 is 3.00 bits per heavy atom. The van der Waals surface area contributed by atoms with E-state index < -0.39 is 0 Å². The molecule has 1 aliphatic heterocycles. The molecule has 0 spiro atoms. The first kappa shape index (κ1) is 6.58. The highest BCUT2D eigenvalue weighted by Gasteiger charge is 2.09. The van der Waals surface area contributed by atoms with Gasteiger partial charge in [-0.1, -0.05) is 0 Å². The Kier molecular flexibility index (Phi) is 2.08. The largest absolute Gasteiger partial charge is 0.488 e. The maximum atomic E-state index is 5.49. The van der Waals surface area contributed by atoms with Crippen LogP contribution in [0.1, 0.15) is 6.42 Å². The summed E-state index contributed by atoms with van der Waals surface area (Å²) in [5.41, 5.74) is 10.8. The van der Waals surface area contributed by atoms with Gasteiger partial charge in [0.25, 0.3) is 0 Å². The van der Waals surface area contributed by atoms with Gasteiger partial charge >= 0.3 is 0 Å². The summed E-state index contributed by atoms with van der Waals surface area (Å²) < 4.78 is 5.03. The monoisotopic (exact) mass is 127 g/mol. The minimum absolute atomic E-state index is 0.0419. The number of nitrogens with two attached hydrogens (primary N) is 2. The van der Waals surface area contributed by atoms with Crippen molar-refractivity contribution in [1.82, 2.24) is 0 Å². The highest BCUT2D eigenvalue weighted by molar-refractivity contribution is 5.03. The highest BCUT2D eigenvalue weighted by atomic mass is 16.5. The van der Waals surface area contributed by atoms with Gasteiger partial charge in [-0.25, -0.2) is 0 Å². The maximum absolute atomic E-state index is 5.49. The molecule has 3 heteroatoms. The molecule has 4 N–H and O–H groups in total. The molecule has 1 aliphatic rings. The Morgan fingerprint density at radius 2 is 2.56 bits per heavy atom. The Balaban J connectivity index is 2.40. The molecule has 0 aromatic rings. The van der Waals surface area contributed by atoms with Crippen molar-refractivity contribution in [2.75, 3.05) is 6.54 Å². The Hall–Kier alpha value is -0.540. The van der Waals surface area contributed by atoms with Crippen molar-refractivity contribution in [3.05, 3.63) is 18.4 Å². The minimum Gasteiger partial charge on any atom is -0.488 e. The number of hydrogen-bond acceptors (Lipinski definition) is 3. The minimum atomic E-state index is 0.0419. The number of hydrogen-bond donors (Lipinski definition) is 2. The smallest absolute Gasteiger partial charge is 0.152 e. The SMILES string of the molecule is NCC1=CCC(N)[CH]O1. The molecule has 0 fully saturated rings. The Labute approximate surface area is 54.7 Å². The lowest BCUT2D eigenvalue weighted by atomic mass is 10.2. The van der Waals surface area contributed by atoms with Crippen molar-refractivity contribution >= 4 is 0 Å². The van der Waals surface area contributed by atoms with Crippen LogP contribution in [0.2, 0.25) is 0 Å². The summed E-state index contributed by atoms with van der Waals surface area (Å²) in [6.45, 7) is 2.07. The van der Waals surface area contributed by atoms with E-state index in [1.165, 1.54) is 0 Å². The first-order valence-electron chi connectivity index (χ1n) is 2.97. The van der Waals surface area contributed by atoms with Gasteiger partial charge in [0.1, 0.15) is 5.76 Å². The zero-order valence-electron chi connectivity index (χ0n) is 5.21. The molecule has 0 saturated carbocycles. The van der Waals surface area contributed by atoms with Crippen molar-refractivity contribution in [2.24, 2.45) is 11.5 Å². The quantitative estimate of drug-likeness (QED) is 0.510. The summed E-state index contributed by atoms with van der Waals surface area (Å²) >= 11 is 0. The van der Waals surface area contributed by atoms with Crippen LogP contribution in [0.3, 0.4) is 0 Å². The van der Waals surface area contributed by atoms with Crippen LogP contribution in [0.25, 0.3) is 0 Å². The predicted octanol–water partition coefficient (Wildman–Crippen LogP) is -0.262. The molecule has 1 rings (SSSR count). The summed E-state index contributed by atoms with van der Waals surface area (Å²) in [6.07, 6.45) is 2.76. The first-order valence-corrected chi connectivity index (χ1v) is 2.97. The molecular weight excluding hydrogens is 116 g/mol. The lowest BCUT2D eigenvalue weighted by molar-refractivity contribution is 0.244. The molecule has 1 unspecified atom stereocenters. The van der Waals surface area contributed by atoms with E-state index >= 15 is 0 Å².